The zero-order chi connectivity index (χ0) is 18.1. The van der Waals surface area contributed by atoms with Gasteiger partial charge in [-0.2, -0.15) is 0 Å². The minimum atomic E-state index is -0.408. The number of ether oxygens (including phenoxy) is 2. The van der Waals surface area contributed by atoms with E-state index in [1.54, 1.807) is 30.3 Å². The van der Waals surface area contributed by atoms with Crippen LogP contribution < -0.4 is 20.1 Å². The maximum atomic E-state index is 13.2. The molecule has 2 heterocycles. The number of hydrogen-bond donors (Lipinski definition) is 2. The number of nitrogens with one attached hydrogen (secondary N) is 2. The Labute approximate surface area is 149 Å². The van der Waals surface area contributed by atoms with Crippen molar-refractivity contribution in [1.29, 1.82) is 0 Å². The number of fused-ring (bicyclic) bond motifs is 1. The lowest BCUT2D eigenvalue weighted by molar-refractivity contribution is -0.123. The molecule has 26 heavy (non-hydrogen) atoms. The van der Waals surface area contributed by atoms with Crippen molar-refractivity contribution in [1.82, 2.24) is 10.6 Å². The Morgan fingerprint density at radius 1 is 1.12 bits per heavy atom. The first-order valence-electron chi connectivity index (χ1n) is 8.35. The summed E-state index contributed by atoms with van der Waals surface area (Å²) in [7, 11) is 0. The molecule has 0 radical (unpaired) electrons. The third-order valence-corrected chi connectivity index (χ3v) is 4.58. The van der Waals surface area contributed by atoms with Gasteiger partial charge in [0.25, 0.3) is 5.91 Å². The number of carbonyl (C=O) groups excluding carboxylic acids is 2. The van der Waals surface area contributed by atoms with Crippen LogP contribution in [0.15, 0.2) is 42.5 Å². The molecule has 2 N–H and O–H groups in total. The molecule has 2 aromatic carbocycles. The standard InChI is InChI=1S/C19H17FN2O4/c20-13-4-1-11(2-5-13)18-14(6-8-17(23)22-18)21-19(24)12-3-7-15-16(9-12)26-10-25-15/h1-5,7,9,14,18H,6,8,10H2,(H,21,24)(H,22,23). The van der Waals surface area contributed by atoms with Crippen LogP contribution in [0.1, 0.15) is 34.8 Å². The van der Waals surface area contributed by atoms with Crippen LogP contribution in [0.5, 0.6) is 11.5 Å². The average molecular weight is 356 g/mol. The quantitative estimate of drug-likeness (QED) is 0.885. The number of amides is 2. The van der Waals surface area contributed by atoms with Gasteiger partial charge >= 0.3 is 0 Å². The summed E-state index contributed by atoms with van der Waals surface area (Å²) in [5, 5.41) is 5.85. The molecule has 134 valence electrons. The Morgan fingerprint density at radius 3 is 2.69 bits per heavy atom. The number of halogens is 1. The Balaban J connectivity index is 1.53. The highest BCUT2D eigenvalue weighted by Gasteiger charge is 2.31. The molecule has 6 nitrogen and oxygen atoms in total. The van der Waals surface area contributed by atoms with Crippen molar-refractivity contribution in [3.8, 4) is 11.5 Å². The van der Waals surface area contributed by atoms with Crippen LogP contribution >= 0.6 is 0 Å². The summed E-state index contributed by atoms with van der Waals surface area (Å²) >= 11 is 0. The van der Waals surface area contributed by atoms with E-state index in [0.29, 0.717) is 29.9 Å². The molecule has 0 aromatic heterocycles. The molecule has 2 aliphatic rings. The third kappa shape index (κ3) is 3.20. The molecule has 0 bridgehead atoms. The van der Waals surface area contributed by atoms with Gasteiger partial charge in [0.05, 0.1) is 12.1 Å². The van der Waals surface area contributed by atoms with Crippen molar-refractivity contribution in [2.45, 2.75) is 24.9 Å². The van der Waals surface area contributed by atoms with Gasteiger partial charge in [-0.05, 0) is 42.3 Å². The second-order valence-electron chi connectivity index (χ2n) is 6.28. The van der Waals surface area contributed by atoms with Crippen molar-refractivity contribution < 1.29 is 23.5 Å². The van der Waals surface area contributed by atoms with Crippen molar-refractivity contribution in [2.24, 2.45) is 0 Å². The predicted octanol–water partition coefficient (Wildman–Crippen LogP) is 2.30. The lowest BCUT2D eigenvalue weighted by atomic mass is 9.91. The predicted molar refractivity (Wildman–Crippen MR) is 90.3 cm³/mol. The van der Waals surface area contributed by atoms with E-state index < -0.39 is 6.04 Å². The summed E-state index contributed by atoms with van der Waals surface area (Å²) in [5.41, 5.74) is 1.19. The molecule has 2 atom stereocenters. The van der Waals surface area contributed by atoms with Gasteiger partial charge in [0, 0.05) is 12.0 Å². The fourth-order valence-corrected chi connectivity index (χ4v) is 3.23. The van der Waals surface area contributed by atoms with E-state index in [1.165, 1.54) is 12.1 Å². The van der Waals surface area contributed by atoms with Gasteiger partial charge < -0.3 is 20.1 Å². The van der Waals surface area contributed by atoms with Gasteiger partial charge in [-0.15, -0.1) is 0 Å². The summed E-state index contributed by atoms with van der Waals surface area (Å²) in [4.78, 5) is 24.5. The number of rotatable bonds is 3. The molecule has 0 saturated carbocycles. The molecule has 0 aliphatic carbocycles. The first kappa shape index (κ1) is 16.4. The number of carbonyl (C=O) groups is 2. The minimum absolute atomic E-state index is 0.0899. The topological polar surface area (TPSA) is 76.7 Å². The van der Waals surface area contributed by atoms with Crippen LogP contribution in [0, 0.1) is 5.82 Å². The second-order valence-corrected chi connectivity index (χ2v) is 6.28. The van der Waals surface area contributed by atoms with Crippen LogP contribution in [-0.4, -0.2) is 24.6 Å². The first-order chi connectivity index (χ1) is 12.6. The van der Waals surface area contributed by atoms with E-state index in [9.17, 15) is 14.0 Å². The summed E-state index contributed by atoms with van der Waals surface area (Å²) in [6, 6.07) is 10.2. The average Bonchev–Trinajstić information content (AvgIpc) is 3.11. The van der Waals surface area contributed by atoms with Crippen molar-refractivity contribution >= 4 is 11.8 Å². The van der Waals surface area contributed by atoms with Gasteiger partial charge in [0.1, 0.15) is 5.82 Å². The van der Waals surface area contributed by atoms with Crippen LogP contribution in [-0.2, 0) is 4.79 Å². The molecular weight excluding hydrogens is 339 g/mol. The monoisotopic (exact) mass is 356 g/mol. The zero-order valence-corrected chi connectivity index (χ0v) is 13.8. The van der Waals surface area contributed by atoms with E-state index in [-0.39, 0.29) is 30.5 Å². The fraction of sp³-hybridized carbons (Fsp3) is 0.263. The Kier molecular flexibility index (Phi) is 4.20. The van der Waals surface area contributed by atoms with Gasteiger partial charge in [0.15, 0.2) is 11.5 Å². The van der Waals surface area contributed by atoms with Gasteiger partial charge in [-0.25, -0.2) is 4.39 Å². The van der Waals surface area contributed by atoms with Gasteiger partial charge in [-0.1, -0.05) is 12.1 Å². The Bertz CT molecular complexity index is 853. The lowest BCUT2D eigenvalue weighted by Gasteiger charge is -2.33. The number of benzene rings is 2. The Hall–Kier alpha value is -3.09. The fourth-order valence-electron chi connectivity index (χ4n) is 3.23. The highest BCUT2D eigenvalue weighted by molar-refractivity contribution is 5.95. The zero-order valence-electron chi connectivity index (χ0n) is 13.8. The Morgan fingerprint density at radius 2 is 1.88 bits per heavy atom. The molecule has 2 aliphatic heterocycles. The largest absolute Gasteiger partial charge is 0.454 e. The third-order valence-electron chi connectivity index (χ3n) is 4.58. The second kappa shape index (κ2) is 6.67. The molecule has 2 unspecified atom stereocenters. The molecular formula is C19H17FN2O4. The van der Waals surface area contributed by atoms with Crippen molar-refractivity contribution in [3.05, 3.63) is 59.4 Å². The molecule has 1 fully saturated rings. The van der Waals surface area contributed by atoms with E-state index in [0.717, 1.165) is 5.56 Å². The molecule has 2 aromatic rings. The lowest BCUT2D eigenvalue weighted by Crippen LogP contribution is -2.50. The van der Waals surface area contributed by atoms with E-state index in [2.05, 4.69) is 10.6 Å². The van der Waals surface area contributed by atoms with Crippen LogP contribution in [0.2, 0.25) is 0 Å². The maximum absolute atomic E-state index is 13.2. The molecule has 4 rings (SSSR count). The van der Waals surface area contributed by atoms with E-state index in [4.69, 9.17) is 9.47 Å². The van der Waals surface area contributed by atoms with Crippen LogP contribution in [0.3, 0.4) is 0 Å². The van der Waals surface area contributed by atoms with E-state index in [1.807, 2.05) is 0 Å². The SMILES string of the molecule is O=C1CCC(NC(=O)c2ccc3c(c2)OCO3)C(c2ccc(F)cc2)N1. The van der Waals surface area contributed by atoms with Gasteiger partial charge in [0.2, 0.25) is 12.7 Å². The summed E-state index contributed by atoms with van der Waals surface area (Å²) in [6.45, 7) is 0.141. The first-order valence-corrected chi connectivity index (χ1v) is 8.35. The van der Waals surface area contributed by atoms with Crippen molar-refractivity contribution in [3.63, 3.8) is 0 Å². The minimum Gasteiger partial charge on any atom is -0.454 e. The molecule has 0 spiro atoms. The summed E-state index contributed by atoms with van der Waals surface area (Å²) in [6.07, 6.45) is 0.827. The highest BCUT2D eigenvalue weighted by atomic mass is 19.1. The molecule has 2 amide bonds. The van der Waals surface area contributed by atoms with Crippen LogP contribution in [0.25, 0.3) is 0 Å². The highest BCUT2D eigenvalue weighted by Crippen LogP contribution is 2.32. The summed E-state index contributed by atoms with van der Waals surface area (Å²) in [5.74, 6) is 0.432. The normalized spacial score (nSPS) is 21.2. The summed E-state index contributed by atoms with van der Waals surface area (Å²) < 4.78 is 23.7. The maximum Gasteiger partial charge on any atom is 0.251 e. The van der Waals surface area contributed by atoms with Crippen molar-refractivity contribution in [2.75, 3.05) is 6.79 Å². The van der Waals surface area contributed by atoms with Crippen LogP contribution in [0.4, 0.5) is 4.39 Å². The number of hydrogen-bond acceptors (Lipinski definition) is 4. The smallest absolute Gasteiger partial charge is 0.251 e. The van der Waals surface area contributed by atoms with Gasteiger partial charge in [-0.3, -0.25) is 9.59 Å². The molecule has 7 heteroatoms. The molecule has 1 saturated heterocycles. The number of piperidine rings is 1. The van der Waals surface area contributed by atoms with E-state index >= 15 is 0 Å².